The van der Waals surface area contributed by atoms with E-state index in [1.54, 1.807) is 0 Å². The van der Waals surface area contributed by atoms with Crippen molar-refractivity contribution < 1.29 is 9.53 Å². The molecule has 3 aromatic rings. The Labute approximate surface area is 172 Å². The molecule has 6 nitrogen and oxygen atoms in total. The van der Waals surface area contributed by atoms with E-state index in [0.29, 0.717) is 13.1 Å². The number of benzene rings is 1. The van der Waals surface area contributed by atoms with Crippen LogP contribution in [0.15, 0.2) is 36.5 Å². The second-order valence-corrected chi connectivity index (χ2v) is 8.77. The zero-order valence-electron chi connectivity index (χ0n) is 17.8. The molecule has 29 heavy (non-hydrogen) atoms. The predicted octanol–water partition coefficient (Wildman–Crippen LogP) is 4.05. The highest BCUT2D eigenvalue weighted by atomic mass is 16.6. The zero-order chi connectivity index (χ0) is 20.6. The molecule has 154 valence electrons. The molecular formula is C23H30N4O2. The van der Waals surface area contributed by atoms with Gasteiger partial charge in [-0.2, -0.15) is 0 Å². The molecule has 1 fully saturated rings. The van der Waals surface area contributed by atoms with Crippen LogP contribution in [0.4, 0.5) is 4.79 Å². The fourth-order valence-corrected chi connectivity index (χ4v) is 4.13. The van der Waals surface area contributed by atoms with Crippen LogP contribution in [0.5, 0.6) is 0 Å². The first-order valence-electron chi connectivity index (χ1n) is 10.4. The van der Waals surface area contributed by atoms with Crippen molar-refractivity contribution in [3.05, 3.63) is 42.2 Å². The molecule has 4 rings (SSSR count). The average Bonchev–Trinajstić information content (AvgIpc) is 3.01. The van der Waals surface area contributed by atoms with E-state index in [9.17, 15) is 4.79 Å². The van der Waals surface area contributed by atoms with Gasteiger partial charge in [-0.25, -0.2) is 4.79 Å². The maximum atomic E-state index is 12.3. The van der Waals surface area contributed by atoms with Gasteiger partial charge in [-0.1, -0.05) is 18.2 Å². The second kappa shape index (κ2) is 7.67. The van der Waals surface area contributed by atoms with Gasteiger partial charge in [0.1, 0.15) is 5.60 Å². The summed E-state index contributed by atoms with van der Waals surface area (Å²) >= 11 is 0. The molecule has 0 bridgehead atoms. The van der Waals surface area contributed by atoms with Crippen LogP contribution in [0.1, 0.15) is 26.5 Å². The van der Waals surface area contributed by atoms with Gasteiger partial charge in [0.05, 0.1) is 11.2 Å². The lowest BCUT2D eigenvalue weighted by molar-refractivity contribution is 0.0143. The smallest absolute Gasteiger partial charge is 0.410 e. The van der Waals surface area contributed by atoms with Crippen molar-refractivity contribution in [3.63, 3.8) is 0 Å². The molecule has 3 heterocycles. The molecule has 1 amide bonds. The van der Waals surface area contributed by atoms with Gasteiger partial charge in [-0.15, -0.1) is 0 Å². The van der Waals surface area contributed by atoms with E-state index in [-0.39, 0.29) is 6.09 Å². The molecule has 0 N–H and O–H groups in total. The number of carbonyl (C=O) groups is 1. The lowest BCUT2D eigenvalue weighted by atomic mass is 10.2. The van der Waals surface area contributed by atoms with Crippen molar-refractivity contribution in [2.75, 3.05) is 32.7 Å². The third kappa shape index (κ3) is 4.08. The molecule has 6 heteroatoms. The first kappa shape index (κ1) is 19.7. The van der Waals surface area contributed by atoms with Gasteiger partial charge in [0.25, 0.3) is 0 Å². The molecule has 2 aromatic heterocycles. The first-order chi connectivity index (χ1) is 13.8. The number of rotatable bonds is 3. The first-order valence-corrected chi connectivity index (χ1v) is 10.4. The minimum absolute atomic E-state index is 0.207. The summed E-state index contributed by atoms with van der Waals surface area (Å²) in [4.78, 5) is 21.0. The van der Waals surface area contributed by atoms with Crippen LogP contribution in [-0.2, 0) is 11.3 Å². The van der Waals surface area contributed by atoms with Crippen molar-refractivity contribution >= 4 is 27.9 Å². The number of ether oxygens (including phenoxy) is 1. The molecule has 0 atom stereocenters. The van der Waals surface area contributed by atoms with Crippen molar-refractivity contribution in [2.24, 2.45) is 0 Å². The number of carbonyl (C=O) groups excluding carboxylic acids is 1. The highest BCUT2D eigenvalue weighted by molar-refractivity contribution is 6.08. The minimum atomic E-state index is -0.448. The van der Waals surface area contributed by atoms with Gasteiger partial charge in [-0.3, -0.25) is 9.88 Å². The van der Waals surface area contributed by atoms with E-state index in [0.717, 1.165) is 31.9 Å². The Hall–Kier alpha value is -2.60. The highest BCUT2D eigenvalue weighted by Gasteiger charge is 2.26. The number of amides is 1. The molecule has 0 radical (unpaired) electrons. The number of piperazine rings is 1. The van der Waals surface area contributed by atoms with E-state index >= 15 is 0 Å². The molecule has 1 saturated heterocycles. The average molecular weight is 395 g/mol. The van der Waals surface area contributed by atoms with E-state index < -0.39 is 5.60 Å². The van der Waals surface area contributed by atoms with Gasteiger partial charge >= 0.3 is 6.09 Å². The molecule has 0 saturated carbocycles. The van der Waals surface area contributed by atoms with Crippen LogP contribution in [-0.4, -0.2) is 63.8 Å². The molecule has 0 aliphatic carbocycles. The highest BCUT2D eigenvalue weighted by Crippen LogP contribution is 2.30. The van der Waals surface area contributed by atoms with Crippen molar-refractivity contribution in [1.82, 2.24) is 19.4 Å². The molecule has 1 aromatic carbocycles. The van der Waals surface area contributed by atoms with Crippen LogP contribution in [0.3, 0.4) is 0 Å². The lowest BCUT2D eigenvalue weighted by Crippen LogP contribution is -2.50. The third-order valence-electron chi connectivity index (χ3n) is 5.53. The number of nitrogens with zero attached hydrogens (tertiary/aromatic N) is 4. The van der Waals surface area contributed by atoms with Gasteiger partial charge in [0.15, 0.2) is 0 Å². The summed E-state index contributed by atoms with van der Waals surface area (Å²) in [5.74, 6) is 0. The van der Waals surface area contributed by atoms with Crippen molar-refractivity contribution in [3.8, 4) is 0 Å². The van der Waals surface area contributed by atoms with Crippen LogP contribution in [0.25, 0.3) is 21.8 Å². The topological polar surface area (TPSA) is 50.6 Å². The Morgan fingerprint density at radius 1 is 1.03 bits per heavy atom. The van der Waals surface area contributed by atoms with E-state index in [4.69, 9.17) is 4.74 Å². The number of para-hydroxylation sites is 1. The SMILES string of the molecule is Cc1nccc2c3ccccc3n(CCN3CCN(C(=O)OC(C)(C)C)CC3)c12. The summed E-state index contributed by atoms with van der Waals surface area (Å²) in [6.45, 7) is 12.8. The summed E-state index contributed by atoms with van der Waals surface area (Å²) < 4.78 is 7.89. The van der Waals surface area contributed by atoms with Crippen LogP contribution in [0, 0.1) is 6.92 Å². The minimum Gasteiger partial charge on any atom is -0.444 e. The number of aromatic nitrogens is 2. The Balaban J connectivity index is 1.45. The summed E-state index contributed by atoms with van der Waals surface area (Å²) in [6.07, 6.45) is 1.69. The summed E-state index contributed by atoms with van der Waals surface area (Å²) in [5.41, 5.74) is 3.09. The van der Waals surface area contributed by atoms with Gasteiger partial charge in [-0.05, 0) is 39.8 Å². The van der Waals surface area contributed by atoms with E-state index in [1.807, 2.05) is 31.9 Å². The Bertz CT molecular complexity index is 1030. The molecular weight excluding hydrogens is 364 g/mol. The third-order valence-corrected chi connectivity index (χ3v) is 5.53. The second-order valence-electron chi connectivity index (χ2n) is 8.77. The fraction of sp³-hybridized carbons (Fsp3) is 0.478. The molecule has 1 aliphatic rings. The number of pyridine rings is 1. The largest absolute Gasteiger partial charge is 0.444 e. The van der Waals surface area contributed by atoms with Gasteiger partial charge < -0.3 is 14.2 Å². The van der Waals surface area contributed by atoms with Crippen LogP contribution < -0.4 is 0 Å². The lowest BCUT2D eigenvalue weighted by Gasteiger charge is -2.35. The van der Waals surface area contributed by atoms with Crippen LogP contribution in [0.2, 0.25) is 0 Å². The monoisotopic (exact) mass is 394 g/mol. The Morgan fingerprint density at radius 3 is 2.48 bits per heavy atom. The van der Waals surface area contributed by atoms with Gasteiger partial charge in [0.2, 0.25) is 0 Å². The van der Waals surface area contributed by atoms with Gasteiger partial charge in [0, 0.05) is 61.8 Å². The maximum absolute atomic E-state index is 12.3. The van der Waals surface area contributed by atoms with Crippen molar-refractivity contribution in [1.29, 1.82) is 0 Å². The number of aryl methyl sites for hydroxylation is 1. The fourth-order valence-electron chi connectivity index (χ4n) is 4.13. The Morgan fingerprint density at radius 2 is 1.76 bits per heavy atom. The summed E-state index contributed by atoms with van der Waals surface area (Å²) in [5, 5.41) is 2.55. The quantitative estimate of drug-likeness (QED) is 0.672. The number of fused-ring (bicyclic) bond motifs is 3. The molecule has 0 unspecified atom stereocenters. The number of hydrogen-bond acceptors (Lipinski definition) is 4. The summed E-state index contributed by atoms with van der Waals surface area (Å²) in [7, 11) is 0. The normalized spacial score (nSPS) is 15.9. The zero-order valence-corrected chi connectivity index (χ0v) is 17.8. The molecule has 1 aliphatic heterocycles. The van der Waals surface area contributed by atoms with Crippen molar-refractivity contribution in [2.45, 2.75) is 39.8 Å². The predicted molar refractivity (Wildman–Crippen MR) is 116 cm³/mol. The Kier molecular flexibility index (Phi) is 5.21. The maximum Gasteiger partial charge on any atom is 0.410 e. The number of hydrogen-bond donors (Lipinski definition) is 0. The molecule has 0 spiro atoms. The van der Waals surface area contributed by atoms with Crippen LogP contribution >= 0.6 is 0 Å². The summed E-state index contributed by atoms with van der Waals surface area (Å²) in [6, 6.07) is 10.7. The standard InChI is InChI=1S/C23H30N4O2/c1-17-21-19(9-10-24-17)18-7-5-6-8-20(18)27(21)16-13-25-11-14-26(15-12-25)22(28)29-23(2,3)4/h5-10H,11-16H2,1-4H3. The van der Waals surface area contributed by atoms with E-state index in [1.165, 1.54) is 21.8 Å². The van der Waals surface area contributed by atoms with E-state index in [2.05, 4.69) is 51.7 Å².